The Bertz CT molecular complexity index is 250. The smallest absolute Gasteiger partial charge is 0.370 e. The summed E-state index contributed by atoms with van der Waals surface area (Å²) in [7, 11) is 0. The van der Waals surface area contributed by atoms with Gasteiger partial charge in [-0.25, -0.2) is 4.79 Å². The van der Waals surface area contributed by atoms with Crippen molar-refractivity contribution >= 4 is 11.9 Å². The van der Waals surface area contributed by atoms with Crippen LogP contribution in [0, 0.1) is 0 Å². The van der Waals surface area contributed by atoms with Gasteiger partial charge in [0.15, 0.2) is 0 Å². The van der Waals surface area contributed by atoms with Crippen molar-refractivity contribution in [3.8, 4) is 0 Å². The lowest BCUT2D eigenvalue weighted by molar-refractivity contribution is -0.138. The van der Waals surface area contributed by atoms with Gasteiger partial charge in [-0.1, -0.05) is 0 Å². The van der Waals surface area contributed by atoms with Gasteiger partial charge in [0.2, 0.25) is 0 Å². The molecule has 7 heteroatoms. The number of esters is 1. The SMILES string of the molecule is O=C(O)C(F)=C(F)F.O=C1CCCO1. The number of ether oxygens (including phenoxy) is 1. The molecule has 1 N–H and O–H groups in total. The second kappa shape index (κ2) is 6.01. The highest BCUT2D eigenvalue weighted by Crippen LogP contribution is 2.07. The minimum Gasteiger partial charge on any atom is -0.476 e. The van der Waals surface area contributed by atoms with Gasteiger partial charge in [0.25, 0.3) is 5.83 Å². The number of carbonyl (C=O) groups excluding carboxylic acids is 1. The van der Waals surface area contributed by atoms with Crippen LogP contribution in [0.2, 0.25) is 0 Å². The van der Waals surface area contributed by atoms with Crippen molar-refractivity contribution in [2.75, 3.05) is 6.61 Å². The fourth-order valence-corrected chi connectivity index (χ4v) is 0.556. The molecule has 80 valence electrons. The summed E-state index contributed by atoms with van der Waals surface area (Å²) in [6.07, 6.45) is -1.27. The van der Waals surface area contributed by atoms with E-state index >= 15 is 0 Å². The van der Waals surface area contributed by atoms with Crippen molar-refractivity contribution in [3.63, 3.8) is 0 Å². The number of hydrogen-bond donors (Lipinski definition) is 1. The standard InChI is InChI=1S/C4H6O2.C3HF3O2/c5-4-2-1-3-6-4;4-1(2(5)6)3(7)8/h1-3H2;(H,7,8). The Labute approximate surface area is 77.0 Å². The number of carboxylic acid groups (broad SMARTS) is 1. The fourth-order valence-electron chi connectivity index (χ4n) is 0.556. The first-order valence-electron chi connectivity index (χ1n) is 3.55. The van der Waals surface area contributed by atoms with Crippen LogP contribution in [0.25, 0.3) is 0 Å². The third-order valence-electron chi connectivity index (χ3n) is 1.14. The van der Waals surface area contributed by atoms with Gasteiger partial charge >= 0.3 is 18.0 Å². The molecule has 0 spiro atoms. The summed E-state index contributed by atoms with van der Waals surface area (Å²) >= 11 is 0. The van der Waals surface area contributed by atoms with Gasteiger partial charge in [0.05, 0.1) is 6.61 Å². The lowest BCUT2D eigenvalue weighted by atomic mass is 10.4. The molecule has 1 aliphatic rings. The van der Waals surface area contributed by atoms with Crippen LogP contribution < -0.4 is 0 Å². The fraction of sp³-hybridized carbons (Fsp3) is 0.429. The second-order valence-corrected chi connectivity index (χ2v) is 2.20. The van der Waals surface area contributed by atoms with Crippen LogP contribution >= 0.6 is 0 Å². The molecule has 1 saturated heterocycles. The van der Waals surface area contributed by atoms with Crippen LogP contribution in [0.4, 0.5) is 13.2 Å². The molecule has 0 saturated carbocycles. The summed E-state index contributed by atoms with van der Waals surface area (Å²) in [4.78, 5) is 19.2. The maximum atomic E-state index is 11.2. The van der Waals surface area contributed by atoms with E-state index < -0.39 is 17.9 Å². The summed E-state index contributed by atoms with van der Waals surface area (Å²) < 4.78 is 37.3. The summed E-state index contributed by atoms with van der Waals surface area (Å²) in [5.41, 5.74) is 0. The Morgan fingerprint density at radius 2 is 1.93 bits per heavy atom. The molecular weight excluding hydrogens is 205 g/mol. The van der Waals surface area contributed by atoms with E-state index in [-0.39, 0.29) is 5.97 Å². The topological polar surface area (TPSA) is 63.6 Å². The number of carboxylic acids is 1. The average Bonchev–Trinajstić information content (AvgIpc) is 2.55. The Morgan fingerprint density at radius 1 is 1.36 bits per heavy atom. The van der Waals surface area contributed by atoms with E-state index in [4.69, 9.17) is 5.11 Å². The Kier molecular flexibility index (Phi) is 5.35. The van der Waals surface area contributed by atoms with Gasteiger partial charge in [-0.2, -0.15) is 13.2 Å². The first-order chi connectivity index (χ1) is 6.45. The summed E-state index contributed by atoms with van der Waals surface area (Å²) in [5, 5.41) is 7.44. The van der Waals surface area contributed by atoms with Crippen LogP contribution in [0.1, 0.15) is 12.8 Å². The van der Waals surface area contributed by atoms with Gasteiger partial charge in [0, 0.05) is 6.42 Å². The highest BCUT2D eigenvalue weighted by molar-refractivity contribution is 5.84. The summed E-state index contributed by atoms with van der Waals surface area (Å²) in [6, 6.07) is 0. The van der Waals surface area contributed by atoms with E-state index in [2.05, 4.69) is 4.74 Å². The highest BCUT2D eigenvalue weighted by Gasteiger charge is 2.12. The Balaban J connectivity index is 0.000000249. The molecule has 14 heavy (non-hydrogen) atoms. The molecular formula is C7H7F3O4. The van der Waals surface area contributed by atoms with E-state index in [9.17, 15) is 22.8 Å². The zero-order valence-corrected chi connectivity index (χ0v) is 6.93. The van der Waals surface area contributed by atoms with Crippen LogP contribution in [-0.4, -0.2) is 23.7 Å². The first-order valence-corrected chi connectivity index (χ1v) is 3.55. The Morgan fingerprint density at radius 3 is 2.00 bits per heavy atom. The molecule has 0 aromatic heterocycles. The van der Waals surface area contributed by atoms with Gasteiger partial charge in [-0.05, 0) is 6.42 Å². The lowest BCUT2D eigenvalue weighted by Crippen LogP contribution is -1.94. The van der Waals surface area contributed by atoms with Crippen molar-refractivity contribution in [1.29, 1.82) is 0 Å². The van der Waals surface area contributed by atoms with E-state index in [0.717, 1.165) is 6.42 Å². The molecule has 4 nitrogen and oxygen atoms in total. The maximum absolute atomic E-state index is 11.2. The lowest BCUT2D eigenvalue weighted by Gasteiger charge is -1.81. The Hall–Kier alpha value is -1.53. The minimum atomic E-state index is -2.81. The molecule has 0 radical (unpaired) electrons. The molecule has 1 rings (SSSR count). The number of carbonyl (C=O) groups is 2. The largest absolute Gasteiger partial charge is 0.476 e. The molecule has 0 aliphatic carbocycles. The van der Waals surface area contributed by atoms with Crippen LogP contribution in [0.3, 0.4) is 0 Å². The highest BCUT2D eigenvalue weighted by atomic mass is 19.3. The van der Waals surface area contributed by atoms with Crippen molar-refractivity contribution in [1.82, 2.24) is 0 Å². The molecule has 1 fully saturated rings. The van der Waals surface area contributed by atoms with Gasteiger partial charge in [-0.15, -0.1) is 0 Å². The number of aliphatic carboxylic acids is 1. The van der Waals surface area contributed by atoms with E-state index in [1.54, 1.807) is 0 Å². The molecule has 0 aromatic rings. The number of hydrogen-bond acceptors (Lipinski definition) is 3. The molecule has 0 amide bonds. The monoisotopic (exact) mass is 212 g/mol. The zero-order chi connectivity index (χ0) is 11.1. The third kappa shape index (κ3) is 5.18. The van der Waals surface area contributed by atoms with Crippen molar-refractivity contribution in [2.24, 2.45) is 0 Å². The van der Waals surface area contributed by atoms with E-state index in [1.165, 1.54) is 0 Å². The normalized spacial score (nSPS) is 13.8. The third-order valence-corrected chi connectivity index (χ3v) is 1.14. The van der Waals surface area contributed by atoms with Gasteiger partial charge in [0.1, 0.15) is 0 Å². The predicted molar refractivity (Wildman–Crippen MR) is 38.2 cm³/mol. The van der Waals surface area contributed by atoms with Crippen molar-refractivity contribution < 1.29 is 32.6 Å². The second-order valence-electron chi connectivity index (χ2n) is 2.20. The van der Waals surface area contributed by atoms with E-state index in [1.807, 2.05) is 0 Å². The van der Waals surface area contributed by atoms with Crippen molar-refractivity contribution in [2.45, 2.75) is 12.8 Å². The number of rotatable bonds is 1. The molecule has 1 heterocycles. The molecule has 0 bridgehead atoms. The molecule has 0 atom stereocenters. The molecule has 0 aromatic carbocycles. The number of cyclic esters (lactones) is 1. The molecule has 0 unspecified atom stereocenters. The number of halogens is 3. The summed E-state index contributed by atoms with van der Waals surface area (Å²) in [6.45, 7) is 0.638. The van der Waals surface area contributed by atoms with Gasteiger partial charge in [-0.3, -0.25) is 4.79 Å². The van der Waals surface area contributed by atoms with Crippen molar-refractivity contribution in [3.05, 3.63) is 11.9 Å². The summed E-state index contributed by atoms with van der Waals surface area (Å²) in [5.74, 6) is -4.69. The van der Waals surface area contributed by atoms with E-state index in [0.29, 0.717) is 13.0 Å². The first kappa shape index (κ1) is 12.5. The van der Waals surface area contributed by atoms with Crippen LogP contribution in [-0.2, 0) is 14.3 Å². The van der Waals surface area contributed by atoms with Crippen LogP contribution in [0.5, 0.6) is 0 Å². The van der Waals surface area contributed by atoms with Crippen LogP contribution in [0.15, 0.2) is 11.9 Å². The minimum absolute atomic E-state index is 0.0463. The predicted octanol–water partition coefficient (Wildman–Crippen LogP) is 1.47. The zero-order valence-electron chi connectivity index (χ0n) is 6.93. The quantitative estimate of drug-likeness (QED) is 0.528. The molecule has 1 aliphatic heterocycles. The maximum Gasteiger partial charge on any atom is 0.370 e. The van der Waals surface area contributed by atoms with Gasteiger partial charge < -0.3 is 9.84 Å². The average molecular weight is 212 g/mol.